The summed E-state index contributed by atoms with van der Waals surface area (Å²) in [5, 5.41) is 12.4. The number of nitrogens with one attached hydrogen (secondary N) is 2. The zero-order valence-electron chi connectivity index (χ0n) is 11.1. The third-order valence-corrected chi connectivity index (χ3v) is 3.87. The fourth-order valence-corrected chi connectivity index (χ4v) is 2.60. The van der Waals surface area contributed by atoms with E-state index in [-0.39, 0.29) is 6.04 Å². The largest absolute Gasteiger partial charge is 0.390 e. The lowest BCUT2D eigenvalue weighted by Crippen LogP contribution is -2.40. The Morgan fingerprint density at radius 2 is 2.20 bits per heavy atom. The average Bonchev–Trinajstić information content (AvgIpc) is 2.79. The second-order valence-corrected chi connectivity index (χ2v) is 6.25. The van der Waals surface area contributed by atoms with E-state index < -0.39 is 19.1 Å². The van der Waals surface area contributed by atoms with E-state index in [4.69, 9.17) is 5.11 Å². The third-order valence-electron chi connectivity index (χ3n) is 3.20. The number of rotatable bonds is 6. The lowest BCUT2D eigenvalue weighted by Gasteiger charge is -2.18. The molecule has 0 saturated heterocycles. The van der Waals surface area contributed by atoms with Crippen LogP contribution in [0.3, 0.4) is 0 Å². The number of aliphatic hydroxyl groups excluding tert-OH is 1. The van der Waals surface area contributed by atoms with Crippen molar-refractivity contribution < 1.29 is 13.9 Å². The second-order valence-electron chi connectivity index (χ2n) is 5.00. The van der Waals surface area contributed by atoms with E-state index in [0.717, 1.165) is 20.0 Å². The Labute approximate surface area is 129 Å². The van der Waals surface area contributed by atoms with Crippen molar-refractivity contribution in [3.05, 3.63) is 33.5 Å². The number of H-pyrrole nitrogens is 1. The van der Waals surface area contributed by atoms with Gasteiger partial charge in [-0.2, -0.15) is 0 Å². The van der Waals surface area contributed by atoms with E-state index in [2.05, 4.69) is 39.0 Å². The highest BCUT2D eigenvalue weighted by atomic mass is 127. The highest BCUT2D eigenvalue weighted by Gasteiger charge is 2.27. The van der Waals surface area contributed by atoms with Gasteiger partial charge in [0, 0.05) is 26.7 Å². The smallest absolute Gasteiger partial charge is 0.282 e. The number of aromatic nitrogens is 1. The summed E-state index contributed by atoms with van der Waals surface area (Å²) in [5.74, 6) is -3.06. The van der Waals surface area contributed by atoms with E-state index in [9.17, 15) is 8.78 Å². The number of halogens is 3. The Kier molecular flexibility index (Phi) is 4.98. The first-order chi connectivity index (χ1) is 9.41. The molecule has 1 atom stereocenters. The standard InChI is InChI=1S/C14H17F2IN2O/c1-9(19-7-14(15,16)8-20)4-10-6-18-13-5-11(17)2-3-12(10)13/h2-3,5-6,9,18-20H,4,7-8H2,1H3/t9-/m1/s1. The zero-order valence-corrected chi connectivity index (χ0v) is 13.2. The van der Waals surface area contributed by atoms with Gasteiger partial charge in [-0.15, -0.1) is 0 Å². The SMILES string of the molecule is C[C@H](Cc1c[nH]c2cc(I)ccc12)NCC(F)(F)CO. The molecule has 0 amide bonds. The van der Waals surface area contributed by atoms with Crippen molar-refractivity contribution in [1.82, 2.24) is 10.3 Å². The maximum absolute atomic E-state index is 13.0. The molecule has 0 aliphatic rings. The Balaban J connectivity index is 2.01. The molecule has 0 bridgehead atoms. The van der Waals surface area contributed by atoms with Gasteiger partial charge in [-0.1, -0.05) is 6.07 Å². The molecule has 0 aliphatic carbocycles. The van der Waals surface area contributed by atoms with Crippen LogP contribution in [-0.2, 0) is 6.42 Å². The molecule has 3 nitrogen and oxygen atoms in total. The number of aromatic amines is 1. The van der Waals surface area contributed by atoms with E-state index in [1.54, 1.807) is 0 Å². The third kappa shape index (κ3) is 3.89. The van der Waals surface area contributed by atoms with Crippen molar-refractivity contribution in [3.8, 4) is 0 Å². The molecule has 2 rings (SSSR count). The summed E-state index contributed by atoms with van der Waals surface area (Å²) in [6.45, 7) is 0.224. The van der Waals surface area contributed by atoms with Crippen LogP contribution in [-0.4, -0.2) is 35.2 Å². The fraction of sp³-hybridized carbons (Fsp3) is 0.429. The average molecular weight is 394 g/mol. The van der Waals surface area contributed by atoms with Crippen LogP contribution in [0.2, 0.25) is 0 Å². The van der Waals surface area contributed by atoms with E-state index in [1.807, 2.05) is 25.3 Å². The minimum atomic E-state index is -3.06. The lowest BCUT2D eigenvalue weighted by molar-refractivity contribution is -0.0490. The topological polar surface area (TPSA) is 48.0 Å². The molecule has 0 radical (unpaired) electrons. The van der Waals surface area contributed by atoms with E-state index in [1.165, 1.54) is 0 Å². The molecular weight excluding hydrogens is 377 g/mol. The van der Waals surface area contributed by atoms with Gasteiger partial charge in [-0.05, 0) is 53.6 Å². The van der Waals surface area contributed by atoms with Crippen molar-refractivity contribution in [3.63, 3.8) is 0 Å². The van der Waals surface area contributed by atoms with Crippen LogP contribution >= 0.6 is 22.6 Å². The van der Waals surface area contributed by atoms with Crippen LogP contribution in [0.1, 0.15) is 12.5 Å². The van der Waals surface area contributed by atoms with Gasteiger partial charge in [-0.3, -0.25) is 0 Å². The van der Waals surface area contributed by atoms with Crippen LogP contribution in [0.4, 0.5) is 8.78 Å². The normalized spacial score (nSPS) is 13.8. The molecule has 0 saturated carbocycles. The molecule has 20 heavy (non-hydrogen) atoms. The van der Waals surface area contributed by atoms with E-state index in [0.29, 0.717) is 6.42 Å². The maximum Gasteiger partial charge on any atom is 0.282 e. The molecule has 1 aromatic carbocycles. The highest BCUT2D eigenvalue weighted by molar-refractivity contribution is 14.1. The fourth-order valence-electron chi connectivity index (χ4n) is 2.11. The van der Waals surface area contributed by atoms with Gasteiger partial charge in [0.1, 0.15) is 6.61 Å². The minimum Gasteiger partial charge on any atom is -0.390 e. The first-order valence-corrected chi connectivity index (χ1v) is 7.47. The number of benzene rings is 1. The summed E-state index contributed by atoms with van der Waals surface area (Å²) in [7, 11) is 0. The number of hydrogen-bond donors (Lipinski definition) is 3. The number of aliphatic hydroxyl groups is 1. The molecule has 110 valence electrons. The highest BCUT2D eigenvalue weighted by Crippen LogP contribution is 2.22. The molecular formula is C14H17F2IN2O. The molecule has 0 spiro atoms. The van der Waals surface area contributed by atoms with Crippen LogP contribution < -0.4 is 5.32 Å². The van der Waals surface area contributed by atoms with Gasteiger partial charge in [0.05, 0.1) is 6.54 Å². The van der Waals surface area contributed by atoms with Crippen molar-refractivity contribution in [2.45, 2.75) is 25.3 Å². The Morgan fingerprint density at radius 3 is 2.90 bits per heavy atom. The predicted molar refractivity (Wildman–Crippen MR) is 84.2 cm³/mol. The predicted octanol–water partition coefficient (Wildman–Crippen LogP) is 2.92. The van der Waals surface area contributed by atoms with Gasteiger partial charge >= 0.3 is 0 Å². The van der Waals surface area contributed by atoms with Crippen LogP contribution in [0.5, 0.6) is 0 Å². The molecule has 2 aromatic rings. The zero-order chi connectivity index (χ0) is 14.8. The molecule has 0 fully saturated rings. The molecule has 0 unspecified atom stereocenters. The molecule has 1 aromatic heterocycles. The summed E-state index contributed by atoms with van der Waals surface area (Å²) in [4.78, 5) is 3.20. The number of fused-ring (bicyclic) bond motifs is 1. The lowest BCUT2D eigenvalue weighted by atomic mass is 10.1. The van der Waals surface area contributed by atoms with Crippen molar-refractivity contribution in [1.29, 1.82) is 0 Å². The number of hydrogen-bond acceptors (Lipinski definition) is 2. The molecule has 1 heterocycles. The van der Waals surface area contributed by atoms with Gasteiger partial charge in [-0.25, -0.2) is 8.78 Å². The molecule has 0 aliphatic heterocycles. The summed E-state index contributed by atoms with van der Waals surface area (Å²) >= 11 is 2.25. The van der Waals surface area contributed by atoms with Crippen molar-refractivity contribution in [2.24, 2.45) is 0 Å². The van der Waals surface area contributed by atoms with Crippen LogP contribution in [0, 0.1) is 3.57 Å². The monoisotopic (exact) mass is 394 g/mol. The van der Waals surface area contributed by atoms with Gasteiger partial charge in [0.25, 0.3) is 5.92 Å². The maximum atomic E-state index is 13.0. The Hall–Kier alpha value is -0.730. The minimum absolute atomic E-state index is 0.0919. The molecule has 6 heteroatoms. The second kappa shape index (κ2) is 6.36. The summed E-state index contributed by atoms with van der Waals surface area (Å²) in [5.41, 5.74) is 2.16. The number of alkyl halides is 2. The molecule has 3 N–H and O–H groups in total. The van der Waals surface area contributed by atoms with Crippen LogP contribution in [0.25, 0.3) is 10.9 Å². The quantitative estimate of drug-likeness (QED) is 0.660. The summed E-state index contributed by atoms with van der Waals surface area (Å²) < 4.78 is 27.1. The van der Waals surface area contributed by atoms with Crippen molar-refractivity contribution >= 4 is 33.5 Å². The van der Waals surface area contributed by atoms with Crippen molar-refractivity contribution in [2.75, 3.05) is 13.2 Å². The van der Waals surface area contributed by atoms with Gasteiger partial charge in [0.15, 0.2) is 0 Å². The summed E-state index contributed by atoms with van der Waals surface area (Å²) in [6.07, 6.45) is 2.57. The first-order valence-electron chi connectivity index (χ1n) is 6.39. The Morgan fingerprint density at radius 1 is 1.45 bits per heavy atom. The van der Waals surface area contributed by atoms with E-state index >= 15 is 0 Å². The van der Waals surface area contributed by atoms with Gasteiger partial charge in [0.2, 0.25) is 0 Å². The Bertz CT molecular complexity index is 586. The van der Waals surface area contributed by atoms with Crippen LogP contribution in [0.15, 0.2) is 24.4 Å². The van der Waals surface area contributed by atoms with Gasteiger partial charge < -0.3 is 15.4 Å². The summed E-state index contributed by atoms with van der Waals surface area (Å²) in [6, 6.07) is 6.03. The first kappa shape index (κ1) is 15.7.